The molecule has 0 spiro atoms. The van der Waals surface area contributed by atoms with E-state index in [9.17, 15) is 5.11 Å². The Hall–Kier alpha value is -0.0800. The van der Waals surface area contributed by atoms with E-state index in [1.165, 1.54) is 0 Å². The molecule has 1 N–H and O–H groups in total. The van der Waals surface area contributed by atoms with E-state index in [0.29, 0.717) is 12.0 Å². The average molecular weight is 157 g/mol. The molecule has 1 saturated carbocycles. The van der Waals surface area contributed by atoms with Crippen LogP contribution in [0.4, 0.5) is 0 Å². The summed E-state index contributed by atoms with van der Waals surface area (Å²) in [4.78, 5) is 2.21. The van der Waals surface area contributed by atoms with Crippen molar-refractivity contribution >= 4 is 0 Å². The van der Waals surface area contributed by atoms with E-state index in [-0.39, 0.29) is 11.5 Å². The standard InChI is InChI=1S/C9H19NO/c1-6-7(10(4)5)9(2,3)8(6)11/h6-8,11H,1-5H3. The van der Waals surface area contributed by atoms with Gasteiger partial charge in [-0.2, -0.15) is 0 Å². The van der Waals surface area contributed by atoms with Gasteiger partial charge in [-0.25, -0.2) is 0 Å². The van der Waals surface area contributed by atoms with E-state index < -0.39 is 0 Å². The van der Waals surface area contributed by atoms with Gasteiger partial charge in [0.2, 0.25) is 0 Å². The molecule has 66 valence electrons. The van der Waals surface area contributed by atoms with Gasteiger partial charge in [0.05, 0.1) is 6.10 Å². The van der Waals surface area contributed by atoms with Gasteiger partial charge in [-0.15, -0.1) is 0 Å². The summed E-state index contributed by atoms with van der Waals surface area (Å²) in [6, 6.07) is 0.525. The van der Waals surface area contributed by atoms with Crippen molar-refractivity contribution in [3.05, 3.63) is 0 Å². The quantitative estimate of drug-likeness (QED) is 0.612. The van der Waals surface area contributed by atoms with Gasteiger partial charge in [-0.1, -0.05) is 20.8 Å². The van der Waals surface area contributed by atoms with Crippen molar-refractivity contribution in [2.75, 3.05) is 14.1 Å². The minimum Gasteiger partial charge on any atom is -0.392 e. The van der Waals surface area contributed by atoms with Crippen molar-refractivity contribution in [1.29, 1.82) is 0 Å². The van der Waals surface area contributed by atoms with Crippen LogP contribution in [-0.2, 0) is 0 Å². The Morgan fingerprint density at radius 3 is 1.91 bits per heavy atom. The molecule has 1 rings (SSSR count). The Bertz CT molecular complexity index is 154. The van der Waals surface area contributed by atoms with Crippen molar-refractivity contribution in [3.63, 3.8) is 0 Å². The lowest BCUT2D eigenvalue weighted by Crippen LogP contribution is -2.65. The second kappa shape index (κ2) is 2.46. The molecule has 0 aromatic carbocycles. The van der Waals surface area contributed by atoms with Crippen molar-refractivity contribution in [2.45, 2.75) is 32.9 Å². The molecule has 3 atom stereocenters. The zero-order valence-corrected chi connectivity index (χ0v) is 8.13. The number of aliphatic hydroxyl groups excluding tert-OH is 1. The van der Waals surface area contributed by atoms with Crippen LogP contribution < -0.4 is 0 Å². The Morgan fingerprint density at radius 2 is 1.73 bits per heavy atom. The molecule has 0 aromatic heterocycles. The maximum atomic E-state index is 9.64. The molecular weight excluding hydrogens is 138 g/mol. The first kappa shape index (κ1) is 9.01. The Morgan fingerprint density at radius 1 is 1.27 bits per heavy atom. The molecule has 0 aromatic rings. The van der Waals surface area contributed by atoms with Crippen LogP contribution in [0.15, 0.2) is 0 Å². The molecule has 1 fully saturated rings. The smallest absolute Gasteiger partial charge is 0.0646 e. The molecule has 0 radical (unpaired) electrons. The fourth-order valence-electron chi connectivity index (χ4n) is 2.72. The van der Waals surface area contributed by atoms with Crippen LogP contribution in [-0.4, -0.2) is 36.2 Å². The maximum Gasteiger partial charge on any atom is 0.0646 e. The van der Waals surface area contributed by atoms with Crippen molar-refractivity contribution in [1.82, 2.24) is 4.90 Å². The third kappa shape index (κ3) is 1.09. The van der Waals surface area contributed by atoms with Crippen molar-refractivity contribution in [3.8, 4) is 0 Å². The second-order valence-electron chi connectivity index (χ2n) is 4.53. The van der Waals surface area contributed by atoms with E-state index in [0.717, 1.165) is 0 Å². The van der Waals surface area contributed by atoms with E-state index in [2.05, 4.69) is 39.8 Å². The van der Waals surface area contributed by atoms with Gasteiger partial charge in [-0.3, -0.25) is 0 Å². The SMILES string of the molecule is CC1C(O)C(C)(C)C1N(C)C. The van der Waals surface area contributed by atoms with Gasteiger partial charge in [-0.05, 0) is 20.0 Å². The fraction of sp³-hybridized carbons (Fsp3) is 1.00. The van der Waals surface area contributed by atoms with Crippen LogP contribution in [0, 0.1) is 11.3 Å². The molecule has 0 aliphatic heterocycles. The molecule has 0 bridgehead atoms. The molecule has 0 heterocycles. The summed E-state index contributed by atoms with van der Waals surface area (Å²) in [6.07, 6.45) is -0.130. The second-order valence-corrected chi connectivity index (χ2v) is 4.53. The third-order valence-corrected chi connectivity index (χ3v) is 3.08. The molecule has 2 nitrogen and oxygen atoms in total. The number of hydrogen-bond donors (Lipinski definition) is 1. The molecule has 3 unspecified atom stereocenters. The molecule has 2 heteroatoms. The Kier molecular flexibility index (Phi) is 2.01. The van der Waals surface area contributed by atoms with E-state index in [1.54, 1.807) is 0 Å². The van der Waals surface area contributed by atoms with Crippen LogP contribution in [0.5, 0.6) is 0 Å². The molecule has 11 heavy (non-hydrogen) atoms. The first-order chi connectivity index (χ1) is 4.89. The van der Waals surface area contributed by atoms with E-state index in [1.807, 2.05) is 0 Å². The van der Waals surface area contributed by atoms with Gasteiger partial charge < -0.3 is 10.0 Å². The lowest BCUT2D eigenvalue weighted by molar-refractivity contribution is -0.157. The summed E-state index contributed by atoms with van der Waals surface area (Å²) in [7, 11) is 4.16. The summed E-state index contributed by atoms with van der Waals surface area (Å²) < 4.78 is 0. The topological polar surface area (TPSA) is 23.5 Å². The summed E-state index contributed by atoms with van der Waals surface area (Å²) in [6.45, 7) is 6.37. The molecule has 0 saturated heterocycles. The highest BCUT2D eigenvalue weighted by molar-refractivity contribution is 5.06. The van der Waals surface area contributed by atoms with Crippen LogP contribution in [0.3, 0.4) is 0 Å². The number of hydrogen-bond acceptors (Lipinski definition) is 2. The number of nitrogens with zero attached hydrogens (tertiary/aromatic N) is 1. The van der Waals surface area contributed by atoms with Gasteiger partial charge in [0.1, 0.15) is 0 Å². The molecular formula is C9H19NO. The monoisotopic (exact) mass is 157 g/mol. The lowest BCUT2D eigenvalue weighted by atomic mass is 9.57. The van der Waals surface area contributed by atoms with Crippen LogP contribution in [0.2, 0.25) is 0 Å². The molecule has 0 amide bonds. The first-order valence-electron chi connectivity index (χ1n) is 4.23. The minimum atomic E-state index is -0.130. The summed E-state index contributed by atoms with van der Waals surface area (Å²) in [5, 5.41) is 9.64. The number of aliphatic hydroxyl groups is 1. The lowest BCUT2D eigenvalue weighted by Gasteiger charge is -2.57. The van der Waals surface area contributed by atoms with Gasteiger partial charge in [0, 0.05) is 11.5 Å². The largest absolute Gasteiger partial charge is 0.392 e. The van der Waals surface area contributed by atoms with Gasteiger partial charge in [0.25, 0.3) is 0 Å². The molecule has 1 aliphatic rings. The zero-order valence-electron chi connectivity index (χ0n) is 8.13. The highest BCUT2D eigenvalue weighted by atomic mass is 16.3. The number of rotatable bonds is 1. The van der Waals surface area contributed by atoms with Crippen LogP contribution in [0.25, 0.3) is 0 Å². The predicted octanol–water partition coefficient (Wildman–Crippen LogP) is 0.953. The average Bonchev–Trinajstić information content (AvgIpc) is 1.85. The summed E-state index contributed by atoms with van der Waals surface area (Å²) in [5.41, 5.74) is 0.0723. The highest BCUT2D eigenvalue weighted by Crippen LogP contribution is 2.47. The third-order valence-electron chi connectivity index (χ3n) is 3.08. The highest BCUT2D eigenvalue weighted by Gasteiger charge is 2.54. The fourth-order valence-corrected chi connectivity index (χ4v) is 2.72. The minimum absolute atomic E-state index is 0.0723. The van der Waals surface area contributed by atoms with Gasteiger partial charge in [0.15, 0.2) is 0 Å². The first-order valence-corrected chi connectivity index (χ1v) is 4.23. The maximum absolute atomic E-state index is 9.64. The van der Waals surface area contributed by atoms with Crippen LogP contribution in [0.1, 0.15) is 20.8 Å². The Balaban J connectivity index is 2.69. The van der Waals surface area contributed by atoms with Gasteiger partial charge >= 0.3 is 0 Å². The predicted molar refractivity (Wildman–Crippen MR) is 46.4 cm³/mol. The summed E-state index contributed by atoms with van der Waals surface area (Å²) in [5.74, 6) is 0.417. The normalized spacial score (nSPS) is 42.3. The summed E-state index contributed by atoms with van der Waals surface area (Å²) >= 11 is 0. The molecule has 1 aliphatic carbocycles. The zero-order chi connectivity index (χ0) is 8.81. The van der Waals surface area contributed by atoms with Crippen LogP contribution >= 0.6 is 0 Å². The van der Waals surface area contributed by atoms with Crippen molar-refractivity contribution < 1.29 is 5.11 Å². The van der Waals surface area contributed by atoms with E-state index in [4.69, 9.17) is 0 Å². The van der Waals surface area contributed by atoms with Crippen molar-refractivity contribution in [2.24, 2.45) is 11.3 Å². The van der Waals surface area contributed by atoms with E-state index >= 15 is 0 Å². The Labute approximate surface area is 69.2 Å².